The Morgan fingerprint density at radius 3 is 2.95 bits per heavy atom. The van der Waals surface area contributed by atoms with Gasteiger partial charge in [0.1, 0.15) is 0 Å². The summed E-state index contributed by atoms with van der Waals surface area (Å²) in [5.74, 6) is 0.680. The lowest BCUT2D eigenvalue weighted by Gasteiger charge is -2.24. The summed E-state index contributed by atoms with van der Waals surface area (Å²) >= 11 is 0. The van der Waals surface area contributed by atoms with Crippen LogP contribution in [0, 0.1) is 0 Å². The first-order chi connectivity index (χ1) is 9.28. The quantitative estimate of drug-likeness (QED) is 0.871. The summed E-state index contributed by atoms with van der Waals surface area (Å²) in [6.45, 7) is 5.67. The smallest absolute Gasteiger partial charge is 0.318 e. The zero-order valence-corrected chi connectivity index (χ0v) is 11.8. The van der Waals surface area contributed by atoms with Gasteiger partial charge in [-0.2, -0.15) is 0 Å². The van der Waals surface area contributed by atoms with E-state index in [2.05, 4.69) is 39.3 Å². The van der Waals surface area contributed by atoms with Crippen LogP contribution >= 0.6 is 0 Å². The molecule has 2 aliphatic heterocycles. The summed E-state index contributed by atoms with van der Waals surface area (Å²) in [6.07, 6.45) is 3.82. The summed E-state index contributed by atoms with van der Waals surface area (Å²) < 4.78 is 5.75. The third-order valence-corrected chi connectivity index (χ3v) is 4.40. The Morgan fingerprint density at radius 2 is 2.11 bits per heavy atom. The molecule has 3 heterocycles. The first-order valence-electron chi connectivity index (χ1n) is 7.28. The molecule has 1 N–H and O–H groups in total. The highest BCUT2D eigenvalue weighted by Crippen LogP contribution is 2.30. The van der Waals surface area contributed by atoms with Crippen molar-refractivity contribution in [3.8, 4) is 0 Å². The van der Waals surface area contributed by atoms with Gasteiger partial charge in [-0.25, -0.2) is 0 Å². The highest BCUT2D eigenvalue weighted by Gasteiger charge is 2.35. The molecule has 0 saturated carbocycles. The fourth-order valence-electron chi connectivity index (χ4n) is 3.16. The molecule has 19 heavy (non-hydrogen) atoms. The Hall–Kier alpha value is -1.14. The molecule has 106 valence electrons. The van der Waals surface area contributed by atoms with Crippen molar-refractivity contribution in [3.63, 3.8) is 0 Å². The second kappa shape index (κ2) is 5.46. The molecule has 2 saturated heterocycles. The fraction of sp³-hybridized carbons (Fsp3) is 0.846. The highest BCUT2D eigenvalue weighted by atomic mass is 16.4. The molecule has 3 rings (SSSR count). The van der Waals surface area contributed by atoms with E-state index in [4.69, 9.17) is 4.42 Å². The van der Waals surface area contributed by atoms with Crippen LogP contribution in [0.5, 0.6) is 0 Å². The monoisotopic (exact) mass is 265 g/mol. The van der Waals surface area contributed by atoms with E-state index in [0.29, 0.717) is 24.5 Å². The Labute approximate surface area is 114 Å². The number of fused-ring (bicyclic) bond motifs is 2. The number of aromatic nitrogens is 2. The minimum atomic E-state index is 0.636. The predicted molar refractivity (Wildman–Crippen MR) is 73.1 cm³/mol. The van der Waals surface area contributed by atoms with Crippen molar-refractivity contribution in [3.05, 3.63) is 5.89 Å². The first kappa shape index (κ1) is 12.9. The van der Waals surface area contributed by atoms with Gasteiger partial charge in [0.05, 0.1) is 6.54 Å². The van der Waals surface area contributed by atoms with E-state index in [0.717, 1.165) is 25.7 Å². The number of hydrogen-bond donors (Lipinski definition) is 1. The SMILES string of the molecule is CCNCc1nnc(N2CCC3CCC(C2)N3C)o1. The number of nitrogens with one attached hydrogen (secondary N) is 1. The van der Waals surface area contributed by atoms with E-state index < -0.39 is 0 Å². The molecule has 0 amide bonds. The van der Waals surface area contributed by atoms with Crippen molar-refractivity contribution in [2.24, 2.45) is 0 Å². The summed E-state index contributed by atoms with van der Waals surface area (Å²) in [5.41, 5.74) is 0. The van der Waals surface area contributed by atoms with Crippen molar-refractivity contribution in [1.82, 2.24) is 20.4 Å². The fourth-order valence-corrected chi connectivity index (χ4v) is 3.16. The molecule has 1 aromatic rings. The van der Waals surface area contributed by atoms with Crippen LogP contribution in [0.2, 0.25) is 0 Å². The van der Waals surface area contributed by atoms with Gasteiger partial charge >= 0.3 is 6.01 Å². The Morgan fingerprint density at radius 1 is 1.26 bits per heavy atom. The zero-order chi connectivity index (χ0) is 13.2. The molecule has 0 spiro atoms. The lowest BCUT2D eigenvalue weighted by atomic mass is 10.1. The first-order valence-corrected chi connectivity index (χ1v) is 7.28. The second-order valence-electron chi connectivity index (χ2n) is 5.54. The van der Waals surface area contributed by atoms with E-state index in [1.807, 2.05) is 0 Å². The number of anilines is 1. The molecule has 2 fully saturated rings. The van der Waals surface area contributed by atoms with E-state index in [-0.39, 0.29) is 0 Å². The van der Waals surface area contributed by atoms with Crippen molar-refractivity contribution in [2.45, 2.75) is 44.8 Å². The minimum absolute atomic E-state index is 0.636. The van der Waals surface area contributed by atoms with Crippen LogP contribution in [-0.2, 0) is 6.54 Å². The molecular weight excluding hydrogens is 242 g/mol. The molecule has 2 unspecified atom stereocenters. The standard InChI is InChI=1S/C13H23N5O/c1-3-14-8-12-15-16-13(19-12)18-7-6-10-4-5-11(9-18)17(10)2/h10-11,14H,3-9H2,1-2H3. The van der Waals surface area contributed by atoms with Crippen molar-refractivity contribution in [1.29, 1.82) is 0 Å². The van der Waals surface area contributed by atoms with Crippen molar-refractivity contribution < 1.29 is 4.42 Å². The normalized spacial score (nSPS) is 27.8. The lowest BCUT2D eigenvalue weighted by molar-refractivity contribution is 0.254. The Balaban J connectivity index is 1.67. The van der Waals surface area contributed by atoms with E-state index in [1.165, 1.54) is 19.3 Å². The highest BCUT2D eigenvalue weighted by molar-refractivity contribution is 5.26. The Bertz CT molecular complexity index is 421. The minimum Gasteiger partial charge on any atom is -0.407 e. The van der Waals surface area contributed by atoms with Crippen LogP contribution in [0.25, 0.3) is 0 Å². The van der Waals surface area contributed by atoms with Gasteiger partial charge in [-0.05, 0) is 32.9 Å². The van der Waals surface area contributed by atoms with Gasteiger partial charge in [-0.15, -0.1) is 5.10 Å². The maximum Gasteiger partial charge on any atom is 0.318 e. The number of hydrogen-bond acceptors (Lipinski definition) is 6. The molecular formula is C13H23N5O. The van der Waals surface area contributed by atoms with Gasteiger partial charge in [-0.1, -0.05) is 12.0 Å². The van der Waals surface area contributed by atoms with Gasteiger partial charge in [0.25, 0.3) is 0 Å². The van der Waals surface area contributed by atoms with Crippen LogP contribution in [0.1, 0.15) is 32.1 Å². The molecule has 0 radical (unpaired) electrons. The lowest BCUT2D eigenvalue weighted by Crippen LogP contribution is -2.36. The average Bonchev–Trinajstić information content (AvgIpc) is 2.94. The van der Waals surface area contributed by atoms with E-state index >= 15 is 0 Å². The van der Waals surface area contributed by atoms with Gasteiger partial charge in [-0.3, -0.25) is 4.90 Å². The molecule has 2 aliphatic rings. The molecule has 6 nitrogen and oxygen atoms in total. The van der Waals surface area contributed by atoms with Crippen LogP contribution in [-0.4, -0.2) is 53.9 Å². The molecule has 0 aliphatic carbocycles. The van der Waals surface area contributed by atoms with Crippen LogP contribution in [0.3, 0.4) is 0 Å². The van der Waals surface area contributed by atoms with Gasteiger partial charge in [0.15, 0.2) is 0 Å². The van der Waals surface area contributed by atoms with Crippen LogP contribution in [0.4, 0.5) is 6.01 Å². The second-order valence-corrected chi connectivity index (χ2v) is 5.54. The largest absolute Gasteiger partial charge is 0.407 e. The molecule has 2 bridgehead atoms. The van der Waals surface area contributed by atoms with Gasteiger partial charge < -0.3 is 14.6 Å². The predicted octanol–water partition coefficient (Wildman–Crippen LogP) is 0.852. The summed E-state index contributed by atoms with van der Waals surface area (Å²) in [6, 6.07) is 2.06. The maximum absolute atomic E-state index is 5.75. The van der Waals surface area contributed by atoms with Crippen LogP contribution in [0.15, 0.2) is 4.42 Å². The van der Waals surface area contributed by atoms with E-state index in [1.54, 1.807) is 0 Å². The summed E-state index contributed by atoms with van der Waals surface area (Å²) in [7, 11) is 2.25. The van der Waals surface area contributed by atoms with Crippen LogP contribution < -0.4 is 10.2 Å². The van der Waals surface area contributed by atoms with Gasteiger partial charge in [0, 0.05) is 25.2 Å². The summed E-state index contributed by atoms with van der Waals surface area (Å²) in [4.78, 5) is 4.78. The molecule has 1 aromatic heterocycles. The third kappa shape index (κ3) is 2.60. The molecule has 0 aromatic carbocycles. The topological polar surface area (TPSA) is 57.4 Å². The average molecular weight is 265 g/mol. The number of rotatable bonds is 4. The zero-order valence-electron chi connectivity index (χ0n) is 11.8. The van der Waals surface area contributed by atoms with Gasteiger partial charge in [0.2, 0.25) is 5.89 Å². The molecule has 2 atom stereocenters. The van der Waals surface area contributed by atoms with E-state index in [9.17, 15) is 0 Å². The Kier molecular flexibility index (Phi) is 3.70. The third-order valence-electron chi connectivity index (χ3n) is 4.40. The number of likely N-dealkylation sites (N-methyl/N-ethyl adjacent to an activating group) is 1. The molecule has 6 heteroatoms. The summed E-state index contributed by atoms with van der Waals surface area (Å²) in [5, 5.41) is 11.5. The van der Waals surface area contributed by atoms with Crippen molar-refractivity contribution >= 4 is 6.01 Å². The van der Waals surface area contributed by atoms with Crippen molar-refractivity contribution in [2.75, 3.05) is 31.6 Å². The number of nitrogens with zero attached hydrogens (tertiary/aromatic N) is 4. The maximum atomic E-state index is 5.75.